The second kappa shape index (κ2) is 7.02. The molecule has 1 heterocycles. The SMILES string of the molecule is C/C=C/CCNC1CCN(CC)CC1C. The van der Waals surface area contributed by atoms with E-state index in [-0.39, 0.29) is 0 Å². The molecule has 2 heteroatoms. The summed E-state index contributed by atoms with van der Waals surface area (Å²) in [5.74, 6) is 0.796. The highest BCUT2D eigenvalue weighted by Gasteiger charge is 2.24. The summed E-state index contributed by atoms with van der Waals surface area (Å²) in [5.41, 5.74) is 0. The van der Waals surface area contributed by atoms with Gasteiger partial charge in [-0.1, -0.05) is 26.0 Å². The fourth-order valence-corrected chi connectivity index (χ4v) is 2.34. The molecule has 2 atom stereocenters. The minimum atomic E-state index is 0.734. The van der Waals surface area contributed by atoms with Crippen molar-refractivity contribution in [3.63, 3.8) is 0 Å². The number of allylic oxidation sites excluding steroid dienone is 1. The van der Waals surface area contributed by atoms with Crippen molar-refractivity contribution >= 4 is 0 Å². The van der Waals surface area contributed by atoms with Crippen LogP contribution in [0.25, 0.3) is 0 Å². The zero-order valence-electron chi connectivity index (χ0n) is 10.5. The average molecular weight is 210 g/mol. The maximum absolute atomic E-state index is 3.67. The van der Waals surface area contributed by atoms with Gasteiger partial charge in [0.05, 0.1) is 0 Å². The Labute approximate surface area is 94.7 Å². The quantitative estimate of drug-likeness (QED) is 0.553. The molecule has 88 valence electrons. The Bertz CT molecular complexity index is 189. The van der Waals surface area contributed by atoms with E-state index in [1.165, 1.54) is 26.1 Å². The van der Waals surface area contributed by atoms with Crippen molar-refractivity contribution in [2.24, 2.45) is 5.92 Å². The molecular formula is C13H26N2. The topological polar surface area (TPSA) is 15.3 Å². The summed E-state index contributed by atoms with van der Waals surface area (Å²) >= 11 is 0. The Hall–Kier alpha value is -0.340. The molecular weight excluding hydrogens is 184 g/mol. The van der Waals surface area contributed by atoms with Crippen molar-refractivity contribution < 1.29 is 0 Å². The Morgan fingerprint density at radius 1 is 1.47 bits per heavy atom. The predicted molar refractivity (Wildman–Crippen MR) is 67.1 cm³/mol. The molecule has 0 aromatic carbocycles. The number of rotatable bonds is 5. The van der Waals surface area contributed by atoms with E-state index in [0.29, 0.717) is 0 Å². The Morgan fingerprint density at radius 3 is 2.87 bits per heavy atom. The number of piperidine rings is 1. The van der Waals surface area contributed by atoms with E-state index >= 15 is 0 Å². The number of hydrogen-bond donors (Lipinski definition) is 1. The highest BCUT2D eigenvalue weighted by molar-refractivity contribution is 4.84. The summed E-state index contributed by atoms with van der Waals surface area (Å²) in [6, 6.07) is 0.734. The lowest BCUT2D eigenvalue weighted by Crippen LogP contribution is -2.48. The van der Waals surface area contributed by atoms with Crippen molar-refractivity contribution in [1.29, 1.82) is 0 Å². The van der Waals surface area contributed by atoms with E-state index in [1.54, 1.807) is 0 Å². The average Bonchev–Trinajstić information content (AvgIpc) is 2.26. The van der Waals surface area contributed by atoms with Gasteiger partial charge in [-0.15, -0.1) is 0 Å². The molecule has 0 aliphatic carbocycles. The second-order valence-corrected chi connectivity index (χ2v) is 4.58. The maximum Gasteiger partial charge on any atom is 0.0117 e. The molecule has 1 rings (SSSR count). The Balaban J connectivity index is 2.19. The zero-order chi connectivity index (χ0) is 11.1. The van der Waals surface area contributed by atoms with Gasteiger partial charge in [-0.2, -0.15) is 0 Å². The van der Waals surface area contributed by atoms with Crippen molar-refractivity contribution in [1.82, 2.24) is 10.2 Å². The van der Waals surface area contributed by atoms with Crippen LogP contribution in [0, 0.1) is 5.92 Å². The molecule has 15 heavy (non-hydrogen) atoms. The second-order valence-electron chi connectivity index (χ2n) is 4.58. The summed E-state index contributed by atoms with van der Waals surface area (Å²) < 4.78 is 0. The molecule has 2 unspecified atom stereocenters. The summed E-state index contributed by atoms with van der Waals surface area (Å²) in [6.07, 6.45) is 6.84. The van der Waals surface area contributed by atoms with Gasteiger partial charge in [0.25, 0.3) is 0 Å². The third-order valence-electron chi connectivity index (χ3n) is 3.39. The zero-order valence-corrected chi connectivity index (χ0v) is 10.5. The van der Waals surface area contributed by atoms with E-state index in [4.69, 9.17) is 0 Å². The van der Waals surface area contributed by atoms with Gasteiger partial charge in [0.15, 0.2) is 0 Å². The van der Waals surface area contributed by atoms with Crippen molar-refractivity contribution in [3.8, 4) is 0 Å². The first-order valence-corrected chi connectivity index (χ1v) is 6.34. The molecule has 0 aromatic rings. The van der Waals surface area contributed by atoms with E-state index in [1.807, 2.05) is 0 Å². The van der Waals surface area contributed by atoms with Crippen LogP contribution in [0.5, 0.6) is 0 Å². The van der Waals surface area contributed by atoms with Gasteiger partial charge in [0, 0.05) is 12.6 Å². The highest BCUT2D eigenvalue weighted by Crippen LogP contribution is 2.16. The third kappa shape index (κ3) is 4.35. The minimum absolute atomic E-state index is 0.734. The minimum Gasteiger partial charge on any atom is -0.313 e. The first-order chi connectivity index (χ1) is 7.27. The molecule has 1 aliphatic heterocycles. The molecule has 0 radical (unpaired) electrons. The molecule has 1 fully saturated rings. The van der Waals surface area contributed by atoms with Crippen molar-refractivity contribution in [2.45, 2.75) is 39.7 Å². The van der Waals surface area contributed by atoms with Gasteiger partial charge in [0.2, 0.25) is 0 Å². The number of nitrogens with one attached hydrogen (secondary N) is 1. The molecule has 0 amide bonds. The fraction of sp³-hybridized carbons (Fsp3) is 0.846. The maximum atomic E-state index is 3.67. The van der Waals surface area contributed by atoms with Gasteiger partial charge in [-0.05, 0) is 45.3 Å². The van der Waals surface area contributed by atoms with Crippen molar-refractivity contribution in [2.75, 3.05) is 26.2 Å². The molecule has 0 saturated carbocycles. The van der Waals surface area contributed by atoms with Crippen LogP contribution in [0.4, 0.5) is 0 Å². The van der Waals surface area contributed by atoms with Crippen LogP contribution in [0.15, 0.2) is 12.2 Å². The third-order valence-corrected chi connectivity index (χ3v) is 3.39. The molecule has 0 spiro atoms. The first kappa shape index (κ1) is 12.7. The molecule has 1 aliphatic rings. The van der Waals surface area contributed by atoms with Gasteiger partial charge in [-0.3, -0.25) is 0 Å². The Morgan fingerprint density at radius 2 is 2.27 bits per heavy atom. The molecule has 2 nitrogen and oxygen atoms in total. The lowest BCUT2D eigenvalue weighted by atomic mass is 9.94. The predicted octanol–water partition coefficient (Wildman–Crippen LogP) is 2.27. The van der Waals surface area contributed by atoms with Crippen LogP contribution in [-0.4, -0.2) is 37.1 Å². The monoisotopic (exact) mass is 210 g/mol. The van der Waals surface area contributed by atoms with E-state index in [9.17, 15) is 0 Å². The number of nitrogens with zero attached hydrogens (tertiary/aromatic N) is 1. The van der Waals surface area contributed by atoms with E-state index in [0.717, 1.165) is 24.9 Å². The van der Waals surface area contributed by atoms with Crippen LogP contribution in [0.1, 0.15) is 33.6 Å². The molecule has 0 bridgehead atoms. The van der Waals surface area contributed by atoms with Crippen LogP contribution in [0.3, 0.4) is 0 Å². The van der Waals surface area contributed by atoms with Gasteiger partial charge >= 0.3 is 0 Å². The lowest BCUT2D eigenvalue weighted by Gasteiger charge is -2.36. The normalized spacial score (nSPS) is 28.7. The number of likely N-dealkylation sites (tertiary alicyclic amines) is 1. The van der Waals surface area contributed by atoms with Crippen molar-refractivity contribution in [3.05, 3.63) is 12.2 Å². The summed E-state index contributed by atoms with van der Waals surface area (Å²) in [6.45, 7) is 11.6. The van der Waals surface area contributed by atoms with Crippen LogP contribution in [-0.2, 0) is 0 Å². The van der Waals surface area contributed by atoms with E-state index < -0.39 is 0 Å². The lowest BCUT2D eigenvalue weighted by molar-refractivity contribution is 0.154. The van der Waals surface area contributed by atoms with Crippen LogP contribution in [0.2, 0.25) is 0 Å². The summed E-state index contributed by atoms with van der Waals surface area (Å²) in [7, 11) is 0. The Kier molecular flexibility index (Phi) is 5.96. The smallest absolute Gasteiger partial charge is 0.0117 e. The summed E-state index contributed by atoms with van der Waals surface area (Å²) in [5, 5.41) is 3.67. The van der Waals surface area contributed by atoms with Gasteiger partial charge in [0.1, 0.15) is 0 Å². The summed E-state index contributed by atoms with van der Waals surface area (Å²) in [4.78, 5) is 2.55. The van der Waals surface area contributed by atoms with Crippen LogP contribution >= 0.6 is 0 Å². The first-order valence-electron chi connectivity index (χ1n) is 6.34. The molecule has 1 saturated heterocycles. The van der Waals surface area contributed by atoms with Crippen LogP contribution < -0.4 is 5.32 Å². The van der Waals surface area contributed by atoms with E-state index in [2.05, 4.69) is 43.1 Å². The fourth-order valence-electron chi connectivity index (χ4n) is 2.34. The standard InChI is InChI=1S/C13H26N2/c1-4-6-7-9-14-13-8-10-15(5-2)11-12(13)3/h4,6,12-14H,5,7-11H2,1-3H3/b6-4+. The molecule has 0 aromatic heterocycles. The highest BCUT2D eigenvalue weighted by atomic mass is 15.1. The van der Waals surface area contributed by atoms with Gasteiger partial charge < -0.3 is 10.2 Å². The largest absolute Gasteiger partial charge is 0.313 e. The molecule has 1 N–H and O–H groups in total. The van der Waals surface area contributed by atoms with Gasteiger partial charge in [-0.25, -0.2) is 0 Å². The number of hydrogen-bond acceptors (Lipinski definition) is 2.